The molecule has 1 saturated heterocycles. The van der Waals surface area contributed by atoms with Gasteiger partial charge in [0.15, 0.2) is 0 Å². The normalized spacial score (nSPS) is 20.1. The average molecular weight is 282 g/mol. The van der Waals surface area contributed by atoms with Gasteiger partial charge in [-0.3, -0.25) is 4.90 Å². The molecule has 5 heteroatoms. The first-order valence-corrected chi connectivity index (χ1v) is 7.95. The van der Waals surface area contributed by atoms with Gasteiger partial charge in [-0.05, 0) is 19.9 Å². The summed E-state index contributed by atoms with van der Waals surface area (Å²) in [6.45, 7) is 12.0. The van der Waals surface area contributed by atoms with Crippen molar-refractivity contribution >= 4 is 11.3 Å². The van der Waals surface area contributed by atoms with Crippen molar-refractivity contribution in [2.24, 2.45) is 5.73 Å². The van der Waals surface area contributed by atoms with E-state index >= 15 is 0 Å². The lowest BCUT2D eigenvalue weighted by atomic mass is 10.1. The van der Waals surface area contributed by atoms with Crippen LogP contribution in [0.25, 0.3) is 0 Å². The number of hydrogen-bond acceptors (Lipinski definition) is 5. The molecule has 108 valence electrons. The van der Waals surface area contributed by atoms with E-state index in [1.807, 2.05) is 0 Å². The highest BCUT2D eigenvalue weighted by Crippen LogP contribution is 2.30. The number of hydrogen-bond donors (Lipinski definition) is 1. The van der Waals surface area contributed by atoms with Gasteiger partial charge in [0, 0.05) is 37.1 Å². The quantitative estimate of drug-likeness (QED) is 0.918. The number of likely N-dealkylation sites (N-methyl/N-ethyl adjacent to an activating group) is 1. The molecule has 0 bridgehead atoms. The van der Waals surface area contributed by atoms with Gasteiger partial charge in [0.25, 0.3) is 0 Å². The molecule has 19 heavy (non-hydrogen) atoms. The number of thiazole rings is 1. The molecule has 0 amide bonds. The number of piperazine rings is 1. The summed E-state index contributed by atoms with van der Waals surface area (Å²) in [5.74, 6) is 0.457. The van der Waals surface area contributed by atoms with Crippen molar-refractivity contribution in [2.45, 2.75) is 39.3 Å². The molecule has 0 aliphatic carbocycles. The molecule has 2 N–H and O–H groups in total. The van der Waals surface area contributed by atoms with Crippen LogP contribution < -0.4 is 5.73 Å². The highest BCUT2D eigenvalue weighted by molar-refractivity contribution is 7.11. The van der Waals surface area contributed by atoms with E-state index in [1.165, 1.54) is 15.6 Å². The minimum atomic E-state index is 0.0936. The van der Waals surface area contributed by atoms with Gasteiger partial charge in [-0.2, -0.15) is 0 Å². The second kappa shape index (κ2) is 6.31. The van der Waals surface area contributed by atoms with Gasteiger partial charge in [0.2, 0.25) is 0 Å². The number of aromatic nitrogens is 1. The first-order chi connectivity index (χ1) is 8.97. The highest BCUT2D eigenvalue weighted by atomic mass is 32.1. The Morgan fingerprint density at radius 3 is 2.32 bits per heavy atom. The van der Waals surface area contributed by atoms with Gasteiger partial charge in [-0.25, -0.2) is 4.98 Å². The SMILES string of the molecule is CC(C)c1nc(CN2CCN(C)CC2)sc1C(C)N. The van der Waals surface area contributed by atoms with E-state index in [0.29, 0.717) is 5.92 Å². The minimum absolute atomic E-state index is 0.0936. The number of nitrogens with two attached hydrogens (primary N) is 1. The molecule has 0 spiro atoms. The zero-order valence-electron chi connectivity index (χ0n) is 12.5. The molecule has 2 heterocycles. The minimum Gasteiger partial charge on any atom is -0.323 e. The van der Waals surface area contributed by atoms with E-state index in [-0.39, 0.29) is 6.04 Å². The maximum Gasteiger partial charge on any atom is 0.107 e. The Morgan fingerprint density at radius 1 is 1.21 bits per heavy atom. The Hall–Kier alpha value is -0.490. The number of rotatable bonds is 4. The zero-order chi connectivity index (χ0) is 14.0. The van der Waals surface area contributed by atoms with Gasteiger partial charge in [-0.15, -0.1) is 11.3 Å². The molecule has 1 atom stereocenters. The van der Waals surface area contributed by atoms with Crippen LogP contribution in [0.2, 0.25) is 0 Å². The predicted molar refractivity (Wildman–Crippen MR) is 81.6 cm³/mol. The lowest BCUT2D eigenvalue weighted by Crippen LogP contribution is -2.43. The Kier molecular flexibility index (Phi) is 4.95. The molecular weight excluding hydrogens is 256 g/mol. The third-order valence-electron chi connectivity index (χ3n) is 3.64. The number of nitrogens with zero attached hydrogens (tertiary/aromatic N) is 3. The van der Waals surface area contributed by atoms with Crippen molar-refractivity contribution in [2.75, 3.05) is 33.2 Å². The fourth-order valence-electron chi connectivity index (χ4n) is 2.40. The molecule has 1 aromatic rings. The molecular formula is C14H26N4S. The van der Waals surface area contributed by atoms with Gasteiger partial charge in [-0.1, -0.05) is 13.8 Å². The van der Waals surface area contributed by atoms with Crippen LogP contribution in [0.15, 0.2) is 0 Å². The second-order valence-corrected chi connectivity index (χ2v) is 7.00. The molecule has 1 fully saturated rings. The van der Waals surface area contributed by atoms with Crippen LogP contribution in [0.5, 0.6) is 0 Å². The van der Waals surface area contributed by atoms with Crippen LogP contribution >= 0.6 is 11.3 Å². The van der Waals surface area contributed by atoms with Crippen molar-refractivity contribution in [3.63, 3.8) is 0 Å². The van der Waals surface area contributed by atoms with Gasteiger partial charge in [0.05, 0.1) is 12.2 Å². The zero-order valence-corrected chi connectivity index (χ0v) is 13.3. The molecule has 0 radical (unpaired) electrons. The van der Waals surface area contributed by atoms with Crippen molar-refractivity contribution in [1.82, 2.24) is 14.8 Å². The van der Waals surface area contributed by atoms with Crippen molar-refractivity contribution in [3.05, 3.63) is 15.6 Å². The lowest BCUT2D eigenvalue weighted by Gasteiger charge is -2.31. The molecule has 1 aliphatic rings. The van der Waals surface area contributed by atoms with E-state index < -0.39 is 0 Å². The molecule has 1 aliphatic heterocycles. The third kappa shape index (κ3) is 3.75. The standard InChI is InChI=1S/C14H26N4S/c1-10(2)13-14(11(3)15)19-12(16-13)9-18-7-5-17(4)6-8-18/h10-11H,5-9,15H2,1-4H3. The summed E-state index contributed by atoms with van der Waals surface area (Å²) >= 11 is 1.80. The Balaban J connectivity index is 2.06. The molecule has 0 aromatic carbocycles. The van der Waals surface area contributed by atoms with Crippen LogP contribution in [0.1, 0.15) is 48.3 Å². The topological polar surface area (TPSA) is 45.4 Å². The van der Waals surface area contributed by atoms with Crippen molar-refractivity contribution < 1.29 is 0 Å². The fourth-order valence-corrected chi connectivity index (χ4v) is 3.61. The molecule has 1 aromatic heterocycles. The van der Waals surface area contributed by atoms with Crippen LogP contribution in [-0.4, -0.2) is 48.0 Å². The molecule has 4 nitrogen and oxygen atoms in total. The highest BCUT2D eigenvalue weighted by Gasteiger charge is 2.20. The maximum atomic E-state index is 6.07. The third-order valence-corrected chi connectivity index (χ3v) is 4.90. The largest absolute Gasteiger partial charge is 0.323 e. The summed E-state index contributed by atoms with van der Waals surface area (Å²) in [6.07, 6.45) is 0. The Bertz CT molecular complexity index is 380. The van der Waals surface area contributed by atoms with Crippen LogP contribution in [0.3, 0.4) is 0 Å². The van der Waals surface area contributed by atoms with Crippen LogP contribution in [0, 0.1) is 0 Å². The predicted octanol–water partition coefficient (Wildman–Crippen LogP) is 2.03. The fraction of sp³-hybridized carbons (Fsp3) is 0.786. The summed E-state index contributed by atoms with van der Waals surface area (Å²) in [7, 11) is 2.19. The first-order valence-electron chi connectivity index (χ1n) is 7.13. The Labute approximate surface area is 120 Å². The maximum absolute atomic E-state index is 6.07. The Morgan fingerprint density at radius 2 is 1.84 bits per heavy atom. The van der Waals surface area contributed by atoms with Crippen molar-refractivity contribution in [3.8, 4) is 0 Å². The van der Waals surface area contributed by atoms with E-state index in [1.54, 1.807) is 11.3 Å². The van der Waals surface area contributed by atoms with Gasteiger partial charge < -0.3 is 10.6 Å². The van der Waals surface area contributed by atoms with Crippen LogP contribution in [-0.2, 0) is 6.54 Å². The van der Waals surface area contributed by atoms with Crippen molar-refractivity contribution in [1.29, 1.82) is 0 Å². The summed E-state index contributed by atoms with van der Waals surface area (Å²) in [5, 5.41) is 1.22. The summed E-state index contributed by atoms with van der Waals surface area (Å²) in [6, 6.07) is 0.0936. The van der Waals surface area contributed by atoms with E-state index in [2.05, 4.69) is 37.6 Å². The van der Waals surface area contributed by atoms with Crippen LogP contribution in [0.4, 0.5) is 0 Å². The average Bonchev–Trinajstić information content (AvgIpc) is 2.76. The summed E-state index contributed by atoms with van der Waals surface area (Å²) in [5.41, 5.74) is 7.27. The summed E-state index contributed by atoms with van der Waals surface area (Å²) in [4.78, 5) is 11.0. The summed E-state index contributed by atoms with van der Waals surface area (Å²) < 4.78 is 0. The molecule has 0 saturated carbocycles. The molecule has 1 unspecified atom stereocenters. The second-order valence-electron chi connectivity index (χ2n) is 5.88. The molecule has 2 rings (SSSR count). The van der Waals surface area contributed by atoms with Gasteiger partial charge >= 0.3 is 0 Å². The first kappa shape index (κ1) is 14.9. The van der Waals surface area contributed by atoms with E-state index in [9.17, 15) is 0 Å². The lowest BCUT2D eigenvalue weighted by molar-refractivity contribution is 0.148. The van der Waals surface area contributed by atoms with Gasteiger partial charge in [0.1, 0.15) is 5.01 Å². The van der Waals surface area contributed by atoms with E-state index in [0.717, 1.165) is 32.7 Å². The smallest absolute Gasteiger partial charge is 0.107 e. The monoisotopic (exact) mass is 282 g/mol. The van der Waals surface area contributed by atoms with E-state index in [4.69, 9.17) is 10.7 Å².